The topological polar surface area (TPSA) is 55.1 Å². The fourth-order valence-electron chi connectivity index (χ4n) is 3.03. The van der Waals surface area contributed by atoms with Gasteiger partial charge in [0.1, 0.15) is 10.7 Å². The highest BCUT2D eigenvalue weighted by Gasteiger charge is 2.30. The molecule has 1 aromatic heterocycles. The van der Waals surface area contributed by atoms with E-state index >= 15 is 0 Å². The molecule has 0 aliphatic heterocycles. The maximum Gasteiger partial charge on any atom is 0.340 e. The second-order valence-electron chi connectivity index (χ2n) is 5.59. The SMILES string of the molecule is Cc1cccc(-n2nc(C3CCCC3)c(C(=O)O)c2Cl)c1. The van der Waals surface area contributed by atoms with E-state index in [2.05, 4.69) is 5.10 Å². The van der Waals surface area contributed by atoms with Crippen LogP contribution in [0.1, 0.15) is 53.2 Å². The third kappa shape index (κ3) is 2.56. The van der Waals surface area contributed by atoms with Gasteiger partial charge in [-0.05, 0) is 37.5 Å². The normalized spacial score (nSPS) is 15.5. The molecule has 1 aromatic carbocycles. The van der Waals surface area contributed by atoms with Gasteiger partial charge in [0.15, 0.2) is 0 Å². The van der Waals surface area contributed by atoms with E-state index in [1.165, 1.54) is 0 Å². The molecule has 0 bridgehead atoms. The summed E-state index contributed by atoms with van der Waals surface area (Å²) in [6, 6.07) is 7.73. The molecule has 21 heavy (non-hydrogen) atoms. The van der Waals surface area contributed by atoms with E-state index in [0.29, 0.717) is 5.69 Å². The lowest BCUT2D eigenvalue weighted by atomic mass is 10.0. The number of aryl methyl sites for hydroxylation is 1. The second-order valence-corrected chi connectivity index (χ2v) is 5.95. The van der Waals surface area contributed by atoms with Crippen LogP contribution in [0, 0.1) is 6.92 Å². The number of carboxylic acids is 1. The lowest BCUT2D eigenvalue weighted by molar-refractivity contribution is 0.0695. The smallest absolute Gasteiger partial charge is 0.340 e. The zero-order valence-electron chi connectivity index (χ0n) is 11.8. The Hall–Kier alpha value is -1.81. The van der Waals surface area contributed by atoms with E-state index in [1.54, 1.807) is 4.68 Å². The minimum Gasteiger partial charge on any atom is -0.478 e. The largest absolute Gasteiger partial charge is 0.478 e. The van der Waals surface area contributed by atoms with Crippen LogP contribution in [0.4, 0.5) is 0 Å². The summed E-state index contributed by atoms with van der Waals surface area (Å²) in [4.78, 5) is 11.6. The highest BCUT2D eigenvalue weighted by atomic mass is 35.5. The lowest BCUT2D eigenvalue weighted by Crippen LogP contribution is -2.04. The molecule has 3 rings (SSSR count). The molecule has 1 heterocycles. The van der Waals surface area contributed by atoms with Gasteiger partial charge in [-0.2, -0.15) is 5.10 Å². The predicted molar refractivity (Wildman–Crippen MR) is 81.5 cm³/mol. The zero-order valence-corrected chi connectivity index (χ0v) is 12.6. The molecule has 0 radical (unpaired) electrons. The van der Waals surface area contributed by atoms with Crippen LogP contribution >= 0.6 is 11.6 Å². The van der Waals surface area contributed by atoms with E-state index in [9.17, 15) is 9.90 Å². The maximum absolute atomic E-state index is 11.6. The summed E-state index contributed by atoms with van der Waals surface area (Å²) >= 11 is 6.31. The van der Waals surface area contributed by atoms with Crippen molar-refractivity contribution in [2.75, 3.05) is 0 Å². The van der Waals surface area contributed by atoms with Gasteiger partial charge in [0.05, 0.1) is 11.4 Å². The first-order chi connectivity index (χ1) is 10.1. The molecule has 0 atom stereocenters. The average molecular weight is 305 g/mol. The number of hydrogen-bond acceptors (Lipinski definition) is 2. The second kappa shape index (κ2) is 5.53. The summed E-state index contributed by atoms with van der Waals surface area (Å²) in [6.07, 6.45) is 4.22. The Morgan fingerprint density at radius 1 is 1.38 bits per heavy atom. The first kappa shape index (κ1) is 14.1. The number of benzene rings is 1. The standard InChI is InChI=1S/C16H17ClN2O2/c1-10-5-4-8-12(9-10)19-15(17)13(16(20)21)14(18-19)11-6-2-3-7-11/h4-5,8-9,11H,2-3,6-7H2,1H3,(H,20,21). The first-order valence-electron chi connectivity index (χ1n) is 7.16. The van der Waals surface area contributed by atoms with Gasteiger partial charge in [0.2, 0.25) is 0 Å². The van der Waals surface area contributed by atoms with E-state index in [4.69, 9.17) is 11.6 Å². The molecule has 1 N–H and O–H groups in total. The van der Waals surface area contributed by atoms with E-state index in [0.717, 1.165) is 36.9 Å². The van der Waals surface area contributed by atoms with E-state index < -0.39 is 5.97 Å². The van der Waals surface area contributed by atoms with E-state index in [1.807, 2.05) is 31.2 Å². The van der Waals surface area contributed by atoms with Crippen molar-refractivity contribution < 1.29 is 9.90 Å². The van der Waals surface area contributed by atoms with Crippen molar-refractivity contribution in [3.63, 3.8) is 0 Å². The molecule has 0 unspecified atom stereocenters. The van der Waals surface area contributed by atoms with Crippen molar-refractivity contribution in [1.29, 1.82) is 0 Å². The quantitative estimate of drug-likeness (QED) is 0.925. The van der Waals surface area contributed by atoms with Gasteiger partial charge in [-0.1, -0.05) is 36.6 Å². The zero-order chi connectivity index (χ0) is 15.0. The number of carboxylic acid groups (broad SMARTS) is 1. The molecule has 1 aliphatic carbocycles. The fraction of sp³-hybridized carbons (Fsp3) is 0.375. The number of hydrogen-bond donors (Lipinski definition) is 1. The van der Waals surface area contributed by atoms with Gasteiger partial charge in [0.25, 0.3) is 0 Å². The van der Waals surface area contributed by atoms with Crippen LogP contribution < -0.4 is 0 Å². The molecule has 0 amide bonds. The molecule has 0 spiro atoms. The third-order valence-corrected chi connectivity index (χ3v) is 4.41. The van der Waals surface area contributed by atoms with Crippen LogP contribution in [0.15, 0.2) is 24.3 Å². The van der Waals surface area contributed by atoms with E-state index in [-0.39, 0.29) is 16.6 Å². The molecular formula is C16H17ClN2O2. The Morgan fingerprint density at radius 3 is 2.71 bits per heavy atom. The van der Waals surface area contributed by atoms with Gasteiger partial charge in [0, 0.05) is 5.92 Å². The summed E-state index contributed by atoms with van der Waals surface area (Å²) < 4.78 is 1.55. The Bertz CT molecular complexity index is 688. The Labute approximate surface area is 128 Å². The number of rotatable bonds is 3. The molecule has 2 aromatic rings. The number of carbonyl (C=O) groups is 1. The van der Waals surface area contributed by atoms with Crippen LogP contribution in [0.5, 0.6) is 0 Å². The van der Waals surface area contributed by atoms with Gasteiger partial charge in [-0.15, -0.1) is 0 Å². The minimum absolute atomic E-state index is 0.157. The van der Waals surface area contributed by atoms with Crippen molar-refractivity contribution in [1.82, 2.24) is 9.78 Å². The van der Waals surface area contributed by atoms with Crippen molar-refractivity contribution in [3.05, 3.63) is 46.2 Å². The number of halogens is 1. The molecule has 5 heteroatoms. The number of nitrogens with zero attached hydrogens (tertiary/aromatic N) is 2. The molecule has 0 saturated heterocycles. The number of aromatic nitrogens is 2. The highest BCUT2D eigenvalue weighted by molar-refractivity contribution is 6.33. The summed E-state index contributed by atoms with van der Waals surface area (Å²) in [5.74, 6) is -0.791. The maximum atomic E-state index is 11.6. The summed E-state index contributed by atoms with van der Waals surface area (Å²) in [5, 5.41) is 14.2. The summed E-state index contributed by atoms with van der Waals surface area (Å²) in [5.41, 5.74) is 2.67. The van der Waals surface area contributed by atoms with Crippen molar-refractivity contribution >= 4 is 17.6 Å². The average Bonchev–Trinajstić information content (AvgIpc) is 3.05. The Balaban J connectivity index is 2.14. The van der Waals surface area contributed by atoms with Crippen molar-refractivity contribution in [2.24, 2.45) is 0 Å². The van der Waals surface area contributed by atoms with Crippen LogP contribution in [0.2, 0.25) is 5.15 Å². The predicted octanol–water partition coefficient (Wildman–Crippen LogP) is 4.19. The fourth-order valence-corrected chi connectivity index (χ4v) is 3.34. The number of aromatic carboxylic acids is 1. The van der Waals surface area contributed by atoms with Crippen molar-refractivity contribution in [2.45, 2.75) is 38.5 Å². The monoisotopic (exact) mass is 304 g/mol. The molecule has 1 aliphatic rings. The Morgan fingerprint density at radius 2 is 2.10 bits per heavy atom. The molecule has 1 saturated carbocycles. The van der Waals surface area contributed by atoms with Gasteiger partial charge in [-0.25, -0.2) is 9.48 Å². The van der Waals surface area contributed by atoms with Crippen molar-refractivity contribution in [3.8, 4) is 5.69 Å². The lowest BCUT2D eigenvalue weighted by Gasteiger charge is -2.06. The van der Waals surface area contributed by atoms with Crippen LogP contribution in [0.3, 0.4) is 0 Å². The van der Waals surface area contributed by atoms with Crippen LogP contribution in [-0.4, -0.2) is 20.9 Å². The first-order valence-corrected chi connectivity index (χ1v) is 7.54. The third-order valence-electron chi connectivity index (χ3n) is 4.06. The molecule has 110 valence electrons. The summed E-state index contributed by atoms with van der Waals surface area (Å²) in [7, 11) is 0. The minimum atomic E-state index is -0.999. The molecule has 1 fully saturated rings. The van der Waals surface area contributed by atoms with Gasteiger partial charge in [-0.3, -0.25) is 0 Å². The molecular weight excluding hydrogens is 288 g/mol. The van der Waals surface area contributed by atoms with Crippen LogP contribution in [-0.2, 0) is 0 Å². The van der Waals surface area contributed by atoms with Gasteiger partial charge < -0.3 is 5.11 Å². The highest BCUT2D eigenvalue weighted by Crippen LogP contribution is 2.38. The van der Waals surface area contributed by atoms with Crippen LogP contribution in [0.25, 0.3) is 5.69 Å². The van der Waals surface area contributed by atoms with Gasteiger partial charge >= 0.3 is 5.97 Å². The summed E-state index contributed by atoms with van der Waals surface area (Å²) in [6.45, 7) is 1.98. The Kier molecular flexibility index (Phi) is 3.72. The molecule has 4 nitrogen and oxygen atoms in total.